The number of nitrogens with zero attached hydrogens (tertiary/aromatic N) is 1. The molecule has 0 spiro atoms. The molecule has 0 aliphatic rings. The van der Waals surface area contributed by atoms with Gasteiger partial charge in [-0.2, -0.15) is 13.5 Å². The van der Waals surface area contributed by atoms with E-state index in [2.05, 4.69) is 22.8 Å². The van der Waals surface area contributed by atoms with Gasteiger partial charge in [-0.15, -0.1) is 0 Å². The Balaban J connectivity index is 1.25. The van der Waals surface area contributed by atoms with Crippen molar-refractivity contribution in [3.8, 4) is 5.75 Å². The molecule has 3 aromatic rings. The number of rotatable bonds is 24. The predicted octanol–water partition coefficient (Wildman–Crippen LogP) is 10.3. The second-order valence-electron chi connectivity index (χ2n) is 12.1. The zero-order valence-electron chi connectivity index (χ0n) is 28.0. The number of benzene rings is 3. The first kappa shape index (κ1) is 37.8. The van der Waals surface area contributed by atoms with E-state index in [1.165, 1.54) is 115 Å². The van der Waals surface area contributed by atoms with Crippen molar-refractivity contribution in [1.82, 2.24) is 0 Å². The van der Waals surface area contributed by atoms with Gasteiger partial charge in [0.15, 0.2) is 0 Å². The lowest BCUT2D eigenvalue weighted by molar-refractivity contribution is 0.102. The van der Waals surface area contributed by atoms with Crippen LogP contribution in [-0.2, 0) is 10.1 Å². The molecule has 0 atom stereocenters. The van der Waals surface area contributed by atoms with Gasteiger partial charge in [0.25, 0.3) is 16.0 Å². The maximum atomic E-state index is 12.5. The molecule has 0 saturated heterocycles. The topological polar surface area (TPSA) is 117 Å². The highest BCUT2D eigenvalue weighted by atomic mass is 32.2. The highest BCUT2D eigenvalue weighted by Gasteiger charge is 2.13. The smallest absolute Gasteiger partial charge is 0.294 e. The van der Waals surface area contributed by atoms with Crippen molar-refractivity contribution in [2.24, 2.45) is 5.10 Å². The number of hydrogen-bond donors (Lipinski definition) is 3. The van der Waals surface area contributed by atoms with E-state index in [0.29, 0.717) is 12.3 Å². The van der Waals surface area contributed by atoms with Gasteiger partial charge >= 0.3 is 0 Å². The summed E-state index contributed by atoms with van der Waals surface area (Å²) in [4.78, 5) is 12.2. The quantitative estimate of drug-likeness (QED) is 0.0380. The average Bonchev–Trinajstić information content (AvgIpc) is 3.07. The van der Waals surface area contributed by atoms with Crippen LogP contribution in [0.5, 0.6) is 5.75 Å². The molecule has 0 aliphatic carbocycles. The molecular weight excluding hydrogens is 611 g/mol. The summed E-state index contributed by atoms with van der Waals surface area (Å²) < 4.78 is 37.9. The molecule has 3 N–H and O–H groups in total. The Hall–Kier alpha value is -3.69. The first-order chi connectivity index (χ1) is 22.8. The van der Waals surface area contributed by atoms with Crippen LogP contribution in [-0.4, -0.2) is 31.7 Å². The molecule has 0 heterocycles. The fourth-order valence-electron chi connectivity index (χ4n) is 5.34. The van der Waals surface area contributed by atoms with Crippen LogP contribution in [0.15, 0.2) is 82.8 Å². The van der Waals surface area contributed by atoms with Crippen molar-refractivity contribution in [2.75, 3.05) is 17.3 Å². The normalized spacial score (nSPS) is 11.5. The number of hydrogen-bond acceptors (Lipinski definition) is 6. The molecule has 9 heteroatoms. The highest BCUT2D eigenvalue weighted by Crippen LogP contribution is 2.18. The van der Waals surface area contributed by atoms with Gasteiger partial charge in [0.1, 0.15) is 5.75 Å². The molecular formula is C38H53N3O5S. The van der Waals surface area contributed by atoms with E-state index in [1.807, 2.05) is 24.3 Å². The van der Waals surface area contributed by atoms with E-state index in [1.54, 1.807) is 30.5 Å². The van der Waals surface area contributed by atoms with E-state index < -0.39 is 16.0 Å². The van der Waals surface area contributed by atoms with Crippen molar-refractivity contribution in [1.29, 1.82) is 0 Å². The number of unbranched alkanes of at least 4 members (excludes halogenated alkanes) is 15. The largest absolute Gasteiger partial charge is 0.494 e. The predicted molar refractivity (Wildman–Crippen MR) is 193 cm³/mol. The van der Waals surface area contributed by atoms with Gasteiger partial charge in [-0.05, 0) is 66.6 Å². The Morgan fingerprint density at radius 1 is 0.723 bits per heavy atom. The van der Waals surface area contributed by atoms with Gasteiger partial charge in [-0.25, -0.2) is 0 Å². The van der Waals surface area contributed by atoms with Crippen molar-refractivity contribution in [3.05, 3.63) is 83.9 Å². The van der Waals surface area contributed by atoms with E-state index in [-0.39, 0.29) is 10.5 Å². The van der Waals surface area contributed by atoms with Gasteiger partial charge in [0.05, 0.1) is 23.4 Å². The number of amides is 1. The summed E-state index contributed by atoms with van der Waals surface area (Å²) >= 11 is 0. The summed E-state index contributed by atoms with van der Waals surface area (Å²) in [6, 6.07) is 20.0. The number of anilines is 2. The minimum absolute atomic E-state index is 0.114. The number of hydrazone groups is 1. The Morgan fingerprint density at radius 2 is 1.28 bits per heavy atom. The molecule has 0 unspecified atom stereocenters. The van der Waals surface area contributed by atoms with Crippen LogP contribution >= 0.6 is 0 Å². The van der Waals surface area contributed by atoms with Crippen LogP contribution in [0, 0.1) is 0 Å². The third-order valence-electron chi connectivity index (χ3n) is 8.07. The van der Waals surface area contributed by atoms with Gasteiger partial charge in [-0.3, -0.25) is 14.8 Å². The lowest BCUT2D eigenvalue weighted by Gasteiger charge is -2.08. The molecule has 47 heavy (non-hydrogen) atoms. The molecule has 3 rings (SSSR count). The lowest BCUT2D eigenvalue weighted by Crippen LogP contribution is -2.12. The minimum Gasteiger partial charge on any atom is -0.494 e. The summed E-state index contributed by atoms with van der Waals surface area (Å²) in [6.07, 6.45) is 23.4. The third kappa shape index (κ3) is 16.1. The first-order valence-electron chi connectivity index (χ1n) is 17.4. The second kappa shape index (κ2) is 22.0. The van der Waals surface area contributed by atoms with Crippen LogP contribution in [0.2, 0.25) is 0 Å². The second-order valence-corrected chi connectivity index (χ2v) is 13.6. The Labute approximate surface area is 282 Å². The number of carbonyl (C=O) groups excluding carboxylic acids is 1. The summed E-state index contributed by atoms with van der Waals surface area (Å²) in [6.45, 7) is 2.99. The summed E-state index contributed by atoms with van der Waals surface area (Å²) in [7, 11) is -4.39. The fraction of sp³-hybridized carbons (Fsp3) is 0.474. The van der Waals surface area contributed by atoms with E-state index >= 15 is 0 Å². The van der Waals surface area contributed by atoms with Crippen molar-refractivity contribution < 1.29 is 22.5 Å². The third-order valence-corrected chi connectivity index (χ3v) is 8.92. The maximum Gasteiger partial charge on any atom is 0.294 e. The highest BCUT2D eigenvalue weighted by molar-refractivity contribution is 7.85. The van der Waals surface area contributed by atoms with E-state index in [0.717, 1.165) is 29.5 Å². The van der Waals surface area contributed by atoms with Gasteiger partial charge in [0, 0.05) is 11.3 Å². The van der Waals surface area contributed by atoms with Crippen LogP contribution in [0.4, 0.5) is 11.4 Å². The molecule has 8 nitrogen and oxygen atoms in total. The van der Waals surface area contributed by atoms with Crippen LogP contribution in [0.25, 0.3) is 0 Å². The Morgan fingerprint density at radius 3 is 1.87 bits per heavy atom. The zero-order valence-corrected chi connectivity index (χ0v) is 28.8. The zero-order chi connectivity index (χ0) is 33.6. The van der Waals surface area contributed by atoms with E-state index in [9.17, 15) is 17.8 Å². The van der Waals surface area contributed by atoms with Gasteiger partial charge in [-0.1, -0.05) is 121 Å². The van der Waals surface area contributed by atoms with Crippen LogP contribution in [0.1, 0.15) is 126 Å². The molecule has 3 aromatic carbocycles. The maximum absolute atomic E-state index is 12.5. The van der Waals surface area contributed by atoms with Crippen LogP contribution < -0.4 is 15.5 Å². The Bertz CT molecular complexity index is 1460. The van der Waals surface area contributed by atoms with Gasteiger partial charge < -0.3 is 10.1 Å². The average molecular weight is 664 g/mol. The molecule has 0 fully saturated rings. The lowest BCUT2D eigenvalue weighted by atomic mass is 10.0. The summed E-state index contributed by atoms with van der Waals surface area (Å²) in [5.41, 5.74) is 5.25. The van der Waals surface area contributed by atoms with Gasteiger partial charge in [0.2, 0.25) is 0 Å². The van der Waals surface area contributed by atoms with Crippen molar-refractivity contribution in [2.45, 2.75) is 115 Å². The molecule has 256 valence electrons. The standard InChI is InChI=1S/C38H53N3O5S/c1-2-3-4-5-6-7-8-9-10-11-12-13-14-15-16-17-28-46-36-22-18-20-32(29-36)31-39-41-35-26-24-34(25-27-35)40-38(42)33-21-19-23-37(30-33)47(43,44)45/h18-27,29-31,41H,2-17,28H2,1H3,(H,40,42)(H,43,44,45). The number of nitrogens with one attached hydrogen (secondary N) is 2. The summed E-state index contributed by atoms with van der Waals surface area (Å²) in [5.74, 6) is 0.336. The Kier molecular flexibility index (Phi) is 17.7. The minimum atomic E-state index is -4.39. The molecule has 0 aliphatic heterocycles. The summed E-state index contributed by atoms with van der Waals surface area (Å²) in [5, 5.41) is 7.01. The molecule has 0 bridgehead atoms. The number of ether oxygens (including phenoxy) is 1. The monoisotopic (exact) mass is 663 g/mol. The van der Waals surface area contributed by atoms with E-state index in [4.69, 9.17) is 4.74 Å². The fourth-order valence-corrected chi connectivity index (χ4v) is 5.86. The molecule has 0 radical (unpaired) electrons. The first-order valence-corrected chi connectivity index (χ1v) is 18.8. The van der Waals surface area contributed by atoms with Crippen molar-refractivity contribution >= 4 is 33.6 Å². The number of carbonyl (C=O) groups is 1. The molecule has 0 aromatic heterocycles. The molecule has 1 amide bonds. The van der Waals surface area contributed by atoms with Crippen LogP contribution in [0.3, 0.4) is 0 Å². The van der Waals surface area contributed by atoms with Crippen molar-refractivity contribution in [3.63, 3.8) is 0 Å². The SMILES string of the molecule is CCCCCCCCCCCCCCCCCCOc1cccc(C=NNc2ccc(NC(=O)c3cccc(S(=O)(=O)O)c3)cc2)c1. The molecule has 0 saturated carbocycles.